The Morgan fingerprint density at radius 2 is 1.49 bits per heavy atom. The van der Waals surface area contributed by atoms with Gasteiger partial charge in [0.2, 0.25) is 11.8 Å². The number of hydrogen-bond donors (Lipinski definition) is 0. The topological polar surface area (TPSA) is 60.9 Å². The number of benzene rings is 3. The minimum Gasteiger partial charge on any atom is -0.339 e. The summed E-state index contributed by atoms with van der Waals surface area (Å²) in [5.41, 5.74) is 4.82. The van der Waals surface area contributed by atoms with E-state index in [0.29, 0.717) is 39.1 Å². The van der Waals surface area contributed by atoms with Gasteiger partial charge in [0.05, 0.1) is 13.0 Å². The molecule has 37 heavy (non-hydrogen) atoms. The second-order valence-corrected chi connectivity index (χ2v) is 9.39. The predicted octanol–water partition coefficient (Wildman–Crippen LogP) is 4.47. The van der Waals surface area contributed by atoms with E-state index in [9.17, 15) is 14.4 Å². The van der Waals surface area contributed by atoms with Crippen molar-refractivity contribution in [1.82, 2.24) is 9.80 Å². The second kappa shape index (κ2) is 12.2. The van der Waals surface area contributed by atoms with E-state index in [4.69, 9.17) is 0 Å². The lowest BCUT2D eigenvalue weighted by Gasteiger charge is -2.34. The zero-order valence-electron chi connectivity index (χ0n) is 21.5. The van der Waals surface area contributed by atoms with Gasteiger partial charge < -0.3 is 14.7 Å². The zero-order chi connectivity index (χ0) is 26.2. The van der Waals surface area contributed by atoms with Crippen LogP contribution in [-0.2, 0) is 27.3 Å². The molecular weight excluding hydrogens is 462 g/mol. The van der Waals surface area contributed by atoms with Gasteiger partial charge in [-0.3, -0.25) is 14.4 Å². The minimum absolute atomic E-state index is 0.0473. The van der Waals surface area contributed by atoms with E-state index in [1.165, 1.54) is 0 Å². The molecule has 0 aliphatic carbocycles. The molecule has 0 spiro atoms. The Morgan fingerprint density at radius 3 is 2.14 bits per heavy atom. The van der Waals surface area contributed by atoms with Crippen molar-refractivity contribution in [2.75, 3.05) is 31.1 Å². The summed E-state index contributed by atoms with van der Waals surface area (Å²) in [4.78, 5) is 43.0. The summed E-state index contributed by atoms with van der Waals surface area (Å²) in [6.45, 7) is 6.31. The van der Waals surface area contributed by atoms with Crippen molar-refractivity contribution in [1.29, 1.82) is 0 Å². The first-order valence-corrected chi connectivity index (χ1v) is 12.6. The van der Waals surface area contributed by atoms with Crippen LogP contribution in [0.5, 0.6) is 0 Å². The van der Waals surface area contributed by atoms with E-state index in [1.807, 2.05) is 90.7 Å². The Hall–Kier alpha value is -4.19. The molecule has 3 aromatic rings. The lowest BCUT2D eigenvalue weighted by molar-refractivity contribution is -0.138. The third kappa shape index (κ3) is 7.17. The fourth-order valence-electron chi connectivity index (χ4n) is 4.46. The molecule has 1 aliphatic rings. The molecule has 1 heterocycles. The highest BCUT2D eigenvalue weighted by Gasteiger charge is 2.22. The smallest absolute Gasteiger partial charge is 0.251 e. The lowest BCUT2D eigenvalue weighted by Crippen LogP contribution is -2.50. The van der Waals surface area contributed by atoms with E-state index >= 15 is 0 Å². The third-order valence-corrected chi connectivity index (χ3v) is 6.59. The average molecular weight is 496 g/mol. The van der Waals surface area contributed by atoms with Crippen LogP contribution in [0.15, 0.2) is 84.9 Å². The lowest BCUT2D eigenvalue weighted by atomic mass is 10.1. The van der Waals surface area contributed by atoms with Gasteiger partial charge in [-0.2, -0.15) is 0 Å². The number of hydrogen-bond acceptors (Lipinski definition) is 3. The largest absolute Gasteiger partial charge is 0.339 e. The number of carbonyl (C=O) groups excluding carboxylic acids is 3. The highest BCUT2D eigenvalue weighted by molar-refractivity contribution is 6.03. The van der Waals surface area contributed by atoms with Crippen molar-refractivity contribution in [3.8, 4) is 0 Å². The maximum absolute atomic E-state index is 13.3. The Bertz CT molecular complexity index is 1260. The highest BCUT2D eigenvalue weighted by atomic mass is 16.2. The van der Waals surface area contributed by atoms with Crippen molar-refractivity contribution >= 4 is 29.5 Å². The minimum atomic E-state index is -0.113. The normalized spacial score (nSPS) is 13.6. The molecule has 6 nitrogen and oxygen atoms in total. The molecular formula is C31H33N3O3. The second-order valence-electron chi connectivity index (χ2n) is 9.39. The summed E-state index contributed by atoms with van der Waals surface area (Å²) in [5.74, 6) is -0.0157. The number of nitrogens with zero attached hydrogens (tertiary/aromatic N) is 3. The van der Waals surface area contributed by atoms with Gasteiger partial charge in [0, 0.05) is 44.9 Å². The van der Waals surface area contributed by atoms with Crippen molar-refractivity contribution in [3.63, 3.8) is 0 Å². The van der Waals surface area contributed by atoms with E-state index < -0.39 is 0 Å². The number of aryl methyl sites for hydroxylation is 1. The fraction of sp³-hybridized carbons (Fsp3) is 0.258. The van der Waals surface area contributed by atoms with Crippen molar-refractivity contribution in [2.45, 2.75) is 26.8 Å². The zero-order valence-corrected chi connectivity index (χ0v) is 21.5. The first-order valence-electron chi connectivity index (χ1n) is 12.6. The standard InChI is InChI=1S/C31H33N3O3/c1-24-7-6-10-28(21-24)23-34(30(36)16-13-26-8-4-3-5-9-26)29-14-11-27(12-15-29)22-31(37)33-19-17-32(18-20-33)25(2)35/h3-16,21H,17-20,22-23H2,1-2H3. The summed E-state index contributed by atoms with van der Waals surface area (Å²) >= 11 is 0. The Morgan fingerprint density at radius 1 is 0.811 bits per heavy atom. The molecule has 1 saturated heterocycles. The summed E-state index contributed by atoms with van der Waals surface area (Å²) in [5, 5.41) is 0. The molecule has 0 bridgehead atoms. The molecule has 0 aromatic heterocycles. The van der Waals surface area contributed by atoms with Crippen molar-refractivity contribution in [2.24, 2.45) is 0 Å². The summed E-state index contributed by atoms with van der Waals surface area (Å²) < 4.78 is 0. The summed E-state index contributed by atoms with van der Waals surface area (Å²) in [7, 11) is 0. The van der Waals surface area contributed by atoms with E-state index in [0.717, 1.165) is 27.9 Å². The molecule has 0 atom stereocenters. The van der Waals surface area contributed by atoms with Crippen LogP contribution in [0.1, 0.15) is 29.2 Å². The van der Waals surface area contributed by atoms with Crippen LogP contribution in [0.2, 0.25) is 0 Å². The van der Waals surface area contributed by atoms with Crippen molar-refractivity contribution < 1.29 is 14.4 Å². The number of amides is 3. The molecule has 0 radical (unpaired) electrons. The Balaban J connectivity index is 1.47. The molecule has 6 heteroatoms. The van der Waals surface area contributed by atoms with Crippen LogP contribution in [-0.4, -0.2) is 53.7 Å². The molecule has 1 fully saturated rings. The summed E-state index contributed by atoms with van der Waals surface area (Å²) in [6.07, 6.45) is 3.72. The predicted molar refractivity (Wildman–Crippen MR) is 147 cm³/mol. The Labute approximate surface area is 218 Å². The Kier molecular flexibility index (Phi) is 8.52. The van der Waals surface area contributed by atoms with Gasteiger partial charge in [-0.05, 0) is 41.8 Å². The maximum Gasteiger partial charge on any atom is 0.251 e. The SMILES string of the molecule is CC(=O)N1CCN(C(=O)Cc2ccc(N(Cc3cccc(C)c3)C(=O)C=Cc3ccccc3)cc2)CC1. The van der Waals surface area contributed by atoms with Crippen LogP contribution in [0, 0.1) is 6.92 Å². The van der Waals surface area contributed by atoms with Crippen LogP contribution in [0.25, 0.3) is 6.08 Å². The molecule has 0 N–H and O–H groups in total. The van der Waals surface area contributed by atoms with Gasteiger partial charge in [-0.15, -0.1) is 0 Å². The van der Waals surface area contributed by atoms with Crippen LogP contribution in [0.4, 0.5) is 5.69 Å². The number of piperazine rings is 1. The van der Waals surface area contributed by atoms with Gasteiger partial charge in [0.1, 0.15) is 0 Å². The van der Waals surface area contributed by atoms with E-state index in [1.54, 1.807) is 22.8 Å². The van der Waals surface area contributed by atoms with Gasteiger partial charge in [-0.1, -0.05) is 72.3 Å². The molecule has 190 valence electrons. The molecule has 0 saturated carbocycles. The van der Waals surface area contributed by atoms with Gasteiger partial charge in [0.25, 0.3) is 5.91 Å². The quantitative estimate of drug-likeness (QED) is 0.454. The van der Waals surface area contributed by atoms with E-state index in [-0.39, 0.29) is 17.7 Å². The fourth-order valence-corrected chi connectivity index (χ4v) is 4.46. The third-order valence-electron chi connectivity index (χ3n) is 6.59. The molecule has 1 aliphatic heterocycles. The van der Waals surface area contributed by atoms with Crippen LogP contribution in [0.3, 0.4) is 0 Å². The first kappa shape index (κ1) is 25.9. The highest BCUT2D eigenvalue weighted by Crippen LogP contribution is 2.21. The number of carbonyl (C=O) groups is 3. The average Bonchev–Trinajstić information content (AvgIpc) is 2.91. The van der Waals surface area contributed by atoms with Gasteiger partial charge in [0.15, 0.2) is 0 Å². The molecule has 3 amide bonds. The molecule has 4 rings (SSSR count). The van der Waals surface area contributed by atoms with Crippen molar-refractivity contribution in [3.05, 3.63) is 107 Å². The van der Waals surface area contributed by atoms with Crippen LogP contribution < -0.4 is 4.90 Å². The van der Waals surface area contributed by atoms with Gasteiger partial charge in [-0.25, -0.2) is 0 Å². The maximum atomic E-state index is 13.3. The van der Waals surface area contributed by atoms with Crippen LogP contribution >= 0.6 is 0 Å². The first-order chi connectivity index (χ1) is 17.9. The monoisotopic (exact) mass is 495 g/mol. The molecule has 0 unspecified atom stereocenters. The summed E-state index contributed by atoms with van der Waals surface area (Å²) in [6, 6.07) is 25.5. The van der Waals surface area contributed by atoms with Gasteiger partial charge >= 0.3 is 0 Å². The number of anilines is 1. The molecule has 3 aromatic carbocycles. The van der Waals surface area contributed by atoms with E-state index in [2.05, 4.69) is 6.07 Å². The number of rotatable bonds is 7.